The molecule has 0 radical (unpaired) electrons. The number of aliphatic hydroxyl groups is 1. The minimum atomic E-state index is -0.686. The Morgan fingerprint density at radius 1 is 1.21 bits per heavy atom. The molecule has 4 aliphatic rings. The Balaban J connectivity index is 1.20. The zero-order valence-corrected chi connectivity index (χ0v) is 15.7. The molecule has 8 nitrogen and oxygen atoms in total. The van der Waals surface area contributed by atoms with E-state index in [0.29, 0.717) is 24.0 Å². The van der Waals surface area contributed by atoms with Crippen molar-refractivity contribution in [1.29, 1.82) is 0 Å². The number of amides is 3. The Hall–Kier alpha value is -2.35. The molecule has 1 heterocycles. The van der Waals surface area contributed by atoms with Crippen LogP contribution in [0.25, 0.3) is 0 Å². The molecule has 0 spiro atoms. The van der Waals surface area contributed by atoms with Crippen LogP contribution in [0.15, 0.2) is 22.8 Å². The number of rotatable bonds is 6. The first-order valence-electron chi connectivity index (χ1n) is 9.81. The van der Waals surface area contributed by atoms with Gasteiger partial charge in [0.1, 0.15) is 5.76 Å². The smallest absolute Gasteiger partial charge is 0.321 e. The molecular formula is C20H26N2O6. The van der Waals surface area contributed by atoms with Gasteiger partial charge in [0.2, 0.25) is 0 Å². The van der Waals surface area contributed by atoms with E-state index in [-0.39, 0.29) is 18.4 Å². The maximum Gasteiger partial charge on any atom is 0.321 e. The molecule has 0 aliphatic heterocycles. The van der Waals surface area contributed by atoms with Gasteiger partial charge in [0, 0.05) is 0 Å². The summed E-state index contributed by atoms with van der Waals surface area (Å²) in [5, 5.41) is 15.3. The van der Waals surface area contributed by atoms with Gasteiger partial charge in [-0.1, -0.05) is 0 Å². The van der Waals surface area contributed by atoms with E-state index in [0.717, 1.165) is 32.1 Å². The number of esters is 1. The fourth-order valence-corrected chi connectivity index (χ4v) is 5.90. The van der Waals surface area contributed by atoms with Crippen LogP contribution in [-0.4, -0.2) is 35.2 Å². The third-order valence-electron chi connectivity index (χ3n) is 6.29. The van der Waals surface area contributed by atoms with Crippen LogP contribution in [0.4, 0.5) is 4.79 Å². The number of nitrogens with one attached hydrogen (secondary N) is 2. The second kappa shape index (κ2) is 7.24. The summed E-state index contributed by atoms with van der Waals surface area (Å²) in [6, 6.07) is 2.72. The van der Waals surface area contributed by atoms with Gasteiger partial charge in [-0.2, -0.15) is 0 Å². The van der Waals surface area contributed by atoms with Crippen LogP contribution < -0.4 is 10.6 Å². The normalized spacial score (nSPS) is 32.8. The number of carbonyl (C=O) groups is 3. The largest absolute Gasteiger partial charge is 0.467 e. The minimum absolute atomic E-state index is 0.152. The minimum Gasteiger partial charge on any atom is -0.467 e. The summed E-state index contributed by atoms with van der Waals surface area (Å²) < 4.78 is 10.2. The van der Waals surface area contributed by atoms with Crippen LogP contribution in [0.3, 0.4) is 0 Å². The molecule has 8 heteroatoms. The van der Waals surface area contributed by atoms with Crippen LogP contribution in [0.2, 0.25) is 0 Å². The molecule has 5 rings (SSSR count). The summed E-state index contributed by atoms with van der Waals surface area (Å²) >= 11 is 0. The van der Waals surface area contributed by atoms with Crippen molar-refractivity contribution >= 4 is 17.9 Å². The predicted octanol–water partition coefficient (Wildman–Crippen LogP) is 1.87. The lowest BCUT2D eigenvalue weighted by atomic mass is 9.47. The van der Waals surface area contributed by atoms with E-state index in [1.165, 1.54) is 6.26 Å². The van der Waals surface area contributed by atoms with Gasteiger partial charge in [-0.25, -0.2) is 4.79 Å². The highest BCUT2D eigenvalue weighted by Gasteiger charge is 2.57. The fraction of sp³-hybridized carbons (Fsp3) is 0.650. The summed E-state index contributed by atoms with van der Waals surface area (Å²) in [5.74, 6) is 0.401. The maximum atomic E-state index is 12.3. The van der Waals surface area contributed by atoms with Gasteiger partial charge in [-0.05, 0) is 67.9 Å². The molecular weight excluding hydrogens is 364 g/mol. The van der Waals surface area contributed by atoms with Crippen molar-refractivity contribution in [3.8, 4) is 0 Å². The third kappa shape index (κ3) is 4.22. The fourth-order valence-electron chi connectivity index (χ4n) is 5.90. The summed E-state index contributed by atoms with van der Waals surface area (Å²) in [4.78, 5) is 35.8. The third-order valence-corrected chi connectivity index (χ3v) is 6.29. The van der Waals surface area contributed by atoms with Crippen LogP contribution >= 0.6 is 0 Å². The molecule has 0 saturated heterocycles. The van der Waals surface area contributed by atoms with Crippen LogP contribution in [0.5, 0.6) is 0 Å². The summed E-state index contributed by atoms with van der Waals surface area (Å²) in [7, 11) is 0. The SMILES string of the molecule is O=C(COC(=O)CC12C[C@@H]3C[C@@H](CC(O)(C3)C1)C2)NC(=O)NCc1ccco1. The Labute approximate surface area is 163 Å². The Bertz CT molecular complexity index is 745. The lowest BCUT2D eigenvalue weighted by Crippen LogP contribution is -2.56. The lowest BCUT2D eigenvalue weighted by molar-refractivity contribution is -0.177. The number of imide groups is 1. The maximum absolute atomic E-state index is 12.3. The van der Waals surface area contributed by atoms with E-state index in [4.69, 9.17) is 9.15 Å². The van der Waals surface area contributed by atoms with Crippen molar-refractivity contribution in [1.82, 2.24) is 10.6 Å². The van der Waals surface area contributed by atoms with Crippen molar-refractivity contribution in [3.63, 3.8) is 0 Å². The molecule has 4 atom stereocenters. The molecule has 4 fully saturated rings. The summed E-state index contributed by atoms with van der Waals surface area (Å²) in [5.41, 5.74) is -0.833. The average molecular weight is 390 g/mol. The summed E-state index contributed by atoms with van der Waals surface area (Å²) in [6.07, 6.45) is 7.08. The predicted molar refractivity (Wildman–Crippen MR) is 96.7 cm³/mol. The van der Waals surface area contributed by atoms with Gasteiger partial charge in [0.25, 0.3) is 5.91 Å². The number of urea groups is 1. The van der Waals surface area contributed by atoms with E-state index in [2.05, 4.69) is 10.6 Å². The van der Waals surface area contributed by atoms with Crippen molar-refractivity contribution in [3.05, 3.63) is 24.2 Å². The van der Waals surface area contributed by atoms with E-state index in [1.807, 2.05) is 0 Å². The molecule has 152 valence electrons. The number of carbonyl (C=O) groups excluding carboxylic acids is 3. The standard InChI is InChI=1S/C20H26N2O6/c23-16(22-18(25)21-10-15-2-1-3-27-15)11-28-17(24)9-19-5-13-4-14(6-19)8-20(26,7-13)12-19/h1-3,13-14,26H,4-12H2,(H2,21,22,23,25)/t13-,14+,19?,20?. The molecule has 28 heavy (non-hydrogen) atoms. The Morgan fingerprint density at radius 2 is 1.96 bits per heavy atom. The van der Waals surface area contributed by atoms with Crippen molar-refractivity contribution in [2.75, 3.05) is 6.61 Å². The van der Waals surface area contributed by atoms with Gasteiger partial charge in [-0.3, -0.25) is 14.9 Å². The van der Waals surface area contributed by atoms with E-state index >= 15 is 0 Å². The number of hydrogen-bond donors (Lipinski definition) is 3. The van der Waals surface area contributed by atoms with Crippen LogP contribution in [0.1, 0.15) is 50.7 Å². The molecule has 2 unspecified atom stereocenters. The van der Waals surface area contributed by atoms with Gasteiger partial charge in [0.05, 0.1) is 24.8 Å². The zero-order chi connectivity index (χ0) is 19.8. The molecule has 1 aromatic heterocycles. The Morgan fingerprint density at radius 3 is 2.61 bits per heavy atom. The lowest BCUT2D eigenvalue weighted by Gasteiger charge is -2.60. The number of hydrogen-bond acceptors (Lipinski definition) is 6. The van der Waals surface area contributed by atoms with E-state index in [9.17, 15) is 19.5 Å². The number of furan rings is 1. The van der Waals surface area contributed by atoms with Gasteiger partial charge in [0.15, 0.2) is 6.61 Å². The highest BCUT2D eigenvalue weighted by molar-refractivity contribution is 5.95. The van der Waals surface area contributed by atoms with Crippen molar-refractivity contribution in [2.45, 2.75) is 57.1 Å². The van der Waals surface area contributed by atoms with E-state index < -0.39 is 30.1 Å². The molecule has 0 aromatic carbocycles. The quantitative estimate of drug-likeness (QED) is 0.638. The first-order valence-corrected chi connectivity index (χ1v) is 9.81. The second-order valence-corrected chi connectivity index (χ2v) is 8.83. The molecule has 1 aromatic rings. The Kier molecular flexibility index (Phi) is 4.91. The monoisotopic (exact) mass is 390 g/mol. The molecule has 4 aliphatic carbocycles. The van der Waals surface area contributed by atoms with Crippen LogP contribution in [-0.2, 0) is 20.9 Å². The van der Waals surface area contributed by atoms with Crippen LogP contribution in [0, 0.1) is 17.3 Å². The van der Waals surface area contributed by atoms with Crippen molar-refractivity contribution in [2.24, 2.45) is 17.3 Å². The first kappa shape index (κ1) is 19.0. The van der Waals surface area contributed by atoms with Gasteiger partial charge in [-0.15, -0.1) is 0 Å². The topological polar surface area (TPSA) is 118 Å². The number of ether oxygens (including phenoxy) is 1. The second-order valence-electron chi connectivity index (χ2n) is 8.83. The summed E-state index contributed by atoms with van der Waals surface area (Å²) in [6.45, 7) is -0.347. The van der Waals surface area contributed by atoms with Crippen molar-refractivity contribution < 1.29 is 28.6 Å². The molecule has 3 amide bonds. The highest BCUT2D eigenvalue weighted by atomic mass is 16.5. The molecule has 4 saturated carbocycles. The molecule has 4 bridgehead atoms. The van der Waals surface area contributed by atoms with E-state index in [1.54, 1.807) is 12.1 Å². The van der Waals surface area contributed by atoms with Gasteiger partial charge < -0.3 is 19.6 Å². The highest BCUT2D eigenvalue weighted by Crippen LogP contribution is 2.62. The average Bonchev–Trinajstić information content (AvgIpc) is 3.09. The molecule has 3 N–H and O–H groups in total. The zero-order valence-electron chi connectivity index (χ0n) is 15.7. The van der Waals surface area contributed by atoms with Gasteiger partial charge >= 0.3 is 12.0 Å². The first-order chi connectivity index (χ1) is 13.3.